The van der Waals surface area contributed by atoms with Crippen molar-refractivity contribution < 1.29 is 9.53 Å². The van der Waals surface area contributed by atoms with Crippen molar-refractivity contribution in [3.05, 3.63) is 64.8 Å². The number of aromatic nitrogens is 1. The van der Waals surface area contributed by atoms with Crippen LogP contribution in [0.1, 0.15) is 15.9 Å². The molecule has 5 nitrogen and oxygen atoms in total. The highest BCUT2D eigenvalue weighted by Gasteiger charge is 2.08. The van der Waals surface area contributed by atoms with Gasteiger partial charge in [0, 0.05) is 22.0 Å². The third kappa shape index (κ3) is 3.19. The van der Waals surface area contributed by atoms with Crippen LogP contribution in [0.2, 0.25) is 5.15 Å². The van der Waals surface area contributed by atoms with E-state index in [1.807, 2.05) is 24.3 Å². The molecule has 0 aliphatic rings. The summed E-state index contributed by atoms with van der Waals surface area (Å²) in [5.41, 5.74) is 4.63. The monoisotopic (exact) mass is 327 g/mol. The second kappa shape index (κ2) is 6.54. The number of rotatable bonds is 4. The van der Waals surface area contributed by atoms with Crippen molar-refractivity contribution >= 4 is 34.6 Å². The number of benzene rings is 2. The first kappa shape index (κ1) is 15.1. The Morgan fingerprint density at radius 2 is 1.96 bits per heavy atom. The molecule has 2 N–H and O–H groups in total. The molecule has 2 aromatic carbocycles. The molecule has 6 heteroatoms. The average molecular weight is 328 g/mol. The Balaban J connectivity index is 1.74. The van der Waals surface area contributed by atoms with Gasteiger partial charge in [0.05, 0.1) is 13.3 Å². The molecule has 3 rings (SSSR count). The van der Waals surface area contributed by atoms with Gasteiger partial charge in [-0.15, -0.1) is 0 Å². The molecule has 1 amide bonds. The van der Waals surface area contributed by atoms with Crippen LogP contribution in [0.15, 0.2) is 53.6 Å². The average Bonchev–Trinajstić information content (AvgIpc) is 2.90. The van der Waals surface area contributed by atoms with Gasteiger partial charge in [0.2, 0.25) is 0 Å². The van der Waals surface area contributed by atoms with E-state index >= 15 is 0 Å². The SMILES string of the molecule is COc1ccc(C(=O)N/N=C/c2c(Cl)[nH]c3ccccc23)cc1. The number of para-hydroxylation sites is 1. The summed E-state index contributed by atoms with van der Waals surface area (Å²) in [6.45, 7) is 0. The standard InChI is InChI=1S/C17H14ClN3O2/c1-23-12-8-6-11(7-9-12)17(22)21-19-10-14-13-4-2-3-5-15(13)20-16(14)18/h2-10,20H,1H3,(H,21,22)/b19-10+. The zero-order chi connectivity index (χ0) is 16.2. The molecule has 0 fully saturated rings. The Kier molecular flexibility index (Phi) is 4.30. The van der Waals surface area contributed by atoms with Gasteiger partial charge in [-0.1, -0.05) is 29.8 Å². The van der Waals surface area contributed by atoms with Crippen molar-refractivity contribution in [2.75, 3.05) is 7.11 Å². The van der Waals surface area contributed by atoms with Crippen molar-refractivity contribution in [1.29, 1.82) is 0 Å². The zero-order valence-electron chi connectivity index (χ0n) is 12.3. The quantitative estimate of drug-likeness (QED) is 0.568. The van der Waals surface area contributed by atoms with Crippen LogP contribution in [-0.2, 0) is 0 Å². The van der Waals surface area contributed by atoms with Gasteiger partial charge in [-0.3, -0.25) is 4.79 Å². The molecule has 0 saturated heterocycles. The van der Waals surface area contributed by atoms with Crippen LogP contribution in [0.25, 0.3) is 10.9 Å². The molecule has 0 spiro atoms. The van der Waals surface area contributed by atoms with E-state index < -0.39 is 0 Å². The molecular formula is C17H14ClN3O2. The van der Waals surface area contributed by atoms with Crippen molar-refractivity contribution in [2.45, 2.75) is 0 Å². The molecule has 0 unspecified atom stereocenters. The Morgan fingerprint density at radius 3 is 2.70 bits per heavy atom. The van der Waals surface area contributed by atoms with Crippen molar-refractivity contribution in [3.8, 4) is 5.75 Å². The lowest BCUT2D eigenvalue weighted by atomic mass is 10.2. The summed E-state index contributed by atoms with van der Waals surface area (Å²) in [5, 5.41) is 5.41. The highest BCUT2D eigenvalue weighted by atomic mass is 35.5. The largest absolute Gasteiger partial charge is 0.497 e. The minimum atomic E-state index is -0.306. The second-order valence-corrected chi connectivity index (χ2v) is 5.20. The van der Waals surface area contributed by atoms with E-state index in [4.69, 9.17) is 16.3 Å². The summed E-state index contributed by atoms with van der Waals surface area (Å²) < 4.78 is 5.05. The Hall–Kier alpha value is -2.79. The lowest BCUT2D eigenvalue weighted by molar-refractivity contribution is 0.0955. The first-order valence-electron chi connectivity index (χ1n) is 6.92. The van der Waals surface area contributed by atoms with E-state index in [-0.39, 0.29) is 5.91 Å². The Bertz CT molecular complexity index is 869. The van der Waals surface area contributed by atoms with Gasteiger partial charge in [-0.05, 0) is 30.3 Å². The van der Waals surface area contributed by atoms with E-state index in [0.717, 1.165) is 16.5 Å². The number of nitrogens with one attached hydrogen (secondary N) is 2. The number of hydrogen-bond acceptors (Lipinski definition) is 3. The number of hydrogen-bond donors (Lipinski definition) is 2. The summed E-state index contributed by atoms with van der Waals surface area (Å²) in [6.07, 6.45) is 1.53. The zero-order valence-corrected chi connectivity index (χ0v) is 13.1. The second-order valence-electron chi connectivity index (χ2n) is 4.83. The van der Waals surface area contributed by atoms with Crippen molar-refractivity contribution in [2.24, 2.45) is 5.10 Å². The number of methoxy groups -OCH3 is 1. The number of fused-ring (bicyclic) bond motifs is 1. The fourth-order valence-electron chi connectivity index (χ4n) is 2.22. The van der Waals surface area contributed by atoms with E-state index in [9.17, 15) is 4.79 Å². The number of carbonyl (C=O) groups is 1. The van der Waals surface area contributed by atoms with Crippen LogP contribution in [0, 0.1) is 0 Å². The maximum absolute atomic E-state index is 12.0. The number of amides is 1. The number of carbonyl (C=O) groups excluding carboxylic acids is 1. The molecule has 0 saturated carbocycles. The van der Waals surface area contributed by atoms with Gasteiger partial charge in [0.15, 0.2) is 0 Å². The predicted molar refractivity (Wildman–Crippen MR) is 91.4 cm³/mol. The molecule has 0 radical (unpaired) electrons. The molecule has 116 valence electrons. The first-order chi connectivity index (χ1) is 11.2. The first-order valence-corrected chi connectivity index (χ1v) is 7.30. The summed E-state index contributed by atoms with van der Waals surface area (Å²) in [4.78, 5) is 15.1. The molecule has 0 aliphatic carbocycles. The van der Waals surface area contributed by atoms with Crippen LogP contribution in [0.4, 0.5) is 0 Å². The summed E-state index contributed by atoms with van der Waals surface area (Å²) in [6, 6.07) is 14.5. The minimum Gasteiger partial charge on any atom is -0.497 e. The fraction of sp³-hybridized carbons (Fsp3) is 0.0588. The molecule has 0 aliphatic heterocycles. The molecular weight excluding hydrogens is 314 g/mol. The number of H-pyrrole nitrogens is 1. The van der Waals surface area contributed by atoms with Crippen molar-refractivity contribution in [3.63, 3.8) is 0 Å². The molecule has 3 aromatic rings. The van der Waals surface area contributed by atoms with E-state index in [1.54, 1.807) is 31.4 Å². The van der Waals surface area contributed by atoms with Gasteiger partial charge in [-0.2, -0.15) is 5.10 Å². The minimum absolute atomic E-state index is 0.306. The molecule has 1 heterocycles. The van der Waals surface area contributed by atoms with Gasteiger partial charge < -0.3 is 9.72 Å². The van der Waals surface area contributed by atoms with E-state index in [0.29, 0.717) is 16.5 Å². The Morgan fingerprint density at radius 1 is 1.22 bits per heavy atom. The number of nitrogens with zero attached hydrogens (tertiary/aromatic N) is 1. The summed E-state index contributed by atoms with van der Waals surface area (Å²) in [5.74, 6) is 0.385. The highest BCUT2D eigenvalue weighted by molar-refractivity contribution is 6.34. The van der Waals surface area contributed by atoms with Crippen LogP contribution in [-0.4, -0.2) is 24.2 Å². The number of ether oxygens (including phenoxy) is 1. The smallest absolute Gasteiger partial charge is 0.271 e. The van der Waals surface area contributed by atoms with Gasteiger partial charge in [0.25, 0.3) is 5.91 Å². The molecule has 0 atom stereocenters. The maximum Gasteiger partial charge on any atom is 0.271 e. The third-order valence-corrected chi connectivity index (χ3v) is 3.71. The third-order valence-electron chi connectivity index (χ3n) is 3.41. The highest BCUT2D eigenvalue weighted by Crippen LogP contribution is 2.24. The van der Waals surface area contributed by atoms with Crippen LogP contribution >= 0.6 is 11.6 Å². The lowest BCUT2D eigenvalue weighted by Crippen LogP contribution is -2.17. The number of aromatic amines is 1. The molecule has 0 bridgehead atoms. The predicted octanol–water partition coefficient (Wildman–Crippen LogP) is 3.59. The van der Waals surface area contributed by atoms with Gasteiger partial charge in [-0.25, -0.2) is 5.43 Å². The van der Waals surface area contributed by atoms with Crippen LogP contribution in [0.5, 0.6) is 5.75 Å². The van der Waals surface area contributed by atoms with Crippen LogP contribution in [0.3, 0.4) is 0 Å². The topological polar surface area (TPSA) is 66.5 Å². The van der Waals surface area contributed by atoms with E-state index in [2.05, 4.69) is 15.5 Å². The number of hydrazone groups is 1. The van der Waals surface area contributed by atoms with Crippen molar-refractivity contribution in [1.82, 2.24) is 10.4 Å². The molecule has 23 heavy (non-hydrogen) atoms. The summed E-state index contributed by atoms with van der Waals surface area (Å²) >= 11 is 6.16. The summed E-state index contributed by atoms with van der Waals surface area (Å²) in [7, 11) is 1.57. The maximum atomic E-state index is 12.0. The Labute approximate surface area is 137 Å². The van der Waals surface area contributed by atoms with Gasteiger partial charge >= 0.3 is 0 Å². The van der Waals surface area contributed by atoms with Gasteiger partial charge in [0.1, 0.15) is 10.9 Å². The molecule has 1 aromatic heterocycles. The fourth-order valence-corrected chi connectivity index (χ4v) is 2.47. The van der Waals surface area contributed by atoms with Crippen LogP contribution < -0.4 is 10.2 Å². The normalized spacial score (nSPS) is 11.0. The van der Waals surface area contributed by atoms with E-state index in [1.165, 1.54) is 6.21 Å². The lowest BCUT2D eigenvalue weighted by Gasteiger charge is -2.02. The number of halogens is 1.